The fourth-order valence-electron chi connectivity index (χ4n) is 2.95. The van der Waals surface area contributed by atoms with E-state index in [2.05, 4.69) is 19.9 Å². The molecule has 0 saturated carbocycles. The molecule has 0 aliphatic carbocycles. The van der Waals surface area contributed by atoms with Crippen molar-refractivity contribution in [3.05, 3.63) is 66.1 Å². The molecule has 2 aromatic carbocycles. The molecule has 28 heavy (non-hydrogen) atoms. The Labute approximate surface area is 166 Å². The van der Waals surface area contributed by atoms with Crippen LogP contribution in [-0.2, 0) is 6.61 Å². The van der Waals surface area contributed by atoms with Gasteiger partial charge in [-0.15, -0.1) is 0 Å². The molecule has 0 spiro atoms. The van der Waals surface area contributed by atoms with Crippen molar-refractivity contribution in [2.45, 2.75) is 32.9 Å². The fraction of sp³-hybridized carbons (Fsp3) is 0.348. The van der Waals surface area contributed by atoms with E-state index in [9.17, 15) is 4.79 Å². The second-order valence-corrected chi connectivity index (χ2v) is 7.49. The first-order valence-electron chi connectivity index (χ1n) is 9.65. The van der Waals surface area contributed by atoms with Crippen molar-refractivity contribution in [2.75, 3.05) is 13.6 Å². The summed E-state index contributed by atoms with van der Waals surface area (Å²) in [5.74, 6) is 1.95. The van der Waals surface area contributed by atoms with Crippen LogP contribution in [0.15, 0.2) is 59.0 Å². The van der Waals surface area contributed by atoms with Gasteiger partial charge in [0.2, 0.25) is 0 Å². The van der Waals surface area contributed by atoms with E-state index in [-0.39, 0.29) is 18.6 Å². The van der Waals surface area contributed by atoms with Gasteiger partial charge in [0.25, 0.3) is 5.91 Å². The van der Waals surface area contributed by atoms with Crippen LogP contribution in [0.25, 0.3) is 10.8 Å². The monoisotopic (exact) mass is 380 g/mol. The van der Waals surface area contributed by atoms with Gasteiger partial charge in [0.05, 0.1) is 0 Å². The number of nitrogens with zero attached hydrogens (tertiary/aromatic N) is 1. The number of carbonyl (C=O) groups excluding carboxylic acids is 1. The lowest BCUT2D eigenvalue weighted by atomic mass is 10.0. The topological polar surface area (TPSA) is 68.7 Å². The van der Waals surface area contributed by atoms with E-state index in [1.54, 1.807) is 24.1 Å². The Bertz CT molecular complexity index is 932. The molecule has 2 N–H and O–H groups in total. The molecule has 1 amide bonds. The zero-order chi connectivity index (χ0) is 20.1. The summed E-state index contributed by atoms with van der Waals surface area (Å²) in [6.45, 7) is 5.04. The van der Waals surface area contributed by atoms with Gasteiger partial charge in [-0.3, -0.25) is 4.79 Å². The van der Waals surface area contributed by atoms with Crippen molar-refractivity contribution in [1.29, 1.82) is 0 Å². The molecule has 0 bridgehead atoms. The predicted octanol–water partition coefficient (Wildman–Crippen LogP) is 4.46. The predicted molar refractivity (Wildman–Crippen MR) is 111 cm³/mol. The van der Waals surface area contributed by atoms with Crippen LogP contribution in [0.2, 0.25) is 0 Å². The number of carbonyl (C=O) groups is 1. The minimum absolute atomic E-state index is 0.0813. The van der Waals surface area contributed by atoms with Gasteiger partial charge in [-0.05, 0) is 47.4 Å². The number of furan rings is 1. The molecule has 0 aliphatic heterocycles. The SMILES string of the molecule is CC(C)C(N)CCN(C)C(=O)c1ccc(COc2ccc3ccccc3c2)o1. The average Bonchev–Trinajstić information content (AvgIpc) is 3.18. The minimum atomic E-state index is -0.145. The summed E-state index contributed by atoms with van der Waals surface area (Å²) < 4.78 is 11.5. The zero-order valence-electron chi connectivity index (χ0n) is 16.7. The van der Waals surface area contributed by atoms with Crippen molar-refractivity contribution in [3.63, 3.8) is 0 Å². The first-order chi connectivity index (χ1) is 13.4. The minimum Gasteiger partial charge on any atom is -0.486 e. The van der Waals surface area contributed by atoms with Crippen LogP contribution in [0.4, 0.5) is 0 Å². The number of benzene rings is 2. The third-order valence-electron chi connectivity index (χ3n) is 4.98. The molecule has 5 heteroatoms. The van der Waals surface area contributed by atoms with E-state index >= 15 is 0 Å². The van der Waals surface area contributed by atoms with E-state index in [4.69, 9.17) is 14.9 Å². The molecular weight excluding hydrogens is 352 g/mol. The smallest absolute Gasteiger partial charge is 0.289 e. The van der Waals surface area contributed by atoms with Crippen LogP contribution in [0.5, 0.6) is 5.75 Å². The molecule has 3 aromatic rings. The third-order valence-corrected chi connectivity index (χ3v) is 4.98. The number of rotatable bonds is 8. The number of hydrogen-bond donors (Lipinski definition) is 1. The molecule has 3 rings (SSSR count). The van der Waals surface area contributed by atoms with Crippen LogP contribution in [-0.4, -0.2) is 30.4 Å². The summed E-state index contributed by atoms with van der Waals surface area (Å²) in [7, 11) is 1.77. The highest BCUT2D eigenvalue weighted by atomic mass is 16.5. The van der Waals surface area contributed by atoms with Gasteiger partial charge in [-0.2, -0.15) is 0 Å². The first-order valence-corrected chi connectivity index (χ1v) is 9.65. The maximum absolute atomic E-state index is 12.5. The summed E-state index contributed by atoms with van der Waals surface area (Å²) in [5, 5.41) is 2.29. The van der Waals surface area contributed by atoms with Gasteiger partial charge in [0, 0.05) is 19.6 Å². The molecule has 1 unspecified atom stereocenters. The Balaban J connectivity index is 1.56. The second kappa shape index (κ2) is 8.93. The second-order valence-electron chi connectivity index (χ2n) is 7.49. The Morgan fingerprint density at radius 2 is 1.86 bits per heavy atom. The number of fused-ring (bicyclic) bond motifs is 1. The van der Waals surface area contributed by atoms with Gasteiger partial charge in [0.15, 0.2) is 5.76 Å². The largest absolute Gasteiger partial charge is 0.486 e. The highest BCUT2D eigenvalue weighted by Crippen LogP contribution is 2.22. The van der Waals surface area contributed by atoms with E-state index in [1.807, 2.05) is 36.4 Å². The summed E-state index contributed by atoms with van der Waals surface area (Å²) in [6.07, 6.45) is 0.762. The van der Waals surface area contributed by atoms with Crippen LogP contribution >= 0.6 is 0 Å². The van der Waals surface area contributed by atoms with Crippen molar-refractivity contribution in [1.82, 2.24) is 4.90 Å². The lowest BCUT2D eigenvalue weighted by molar-refractivity contribution is 0.0753. The van der Waals surface area contributed by atoms with E-state index in [1.165, 1.54) is 5.39 Å². The fourth-order valence-corrected chi connectivity index (χ4v) is 2.95. The van der Waals surface area contributed by atoms with Crippen molar-refractivity contribution in [2.24, 2.45) is 11.7 Å². The average molecular weight is 380 g/mol. The molecule has 5 nitrogen and oxygen atoms in total. The van der Waals surface area contributed by atoms with Gasteiger partial charge in [-0.25, -0.2) is 0 Å². The lowest BCUT2D eigenvalue weighted by Gasteiger charge is -2.20. The highest BCUT2D eigenvalue weighted by molar-refractivity contribution is 5.91. The van der Waals surface area contributed by atoms with Gasteiger partial charge < -0.3 is 19.8 Å². The number of amides is 1. The van der Waals surface area contributed by atoms with Crippen LogP contribution in [0.1, 0.15) is 36.6 Å². The molecule has 1 heterocycles. The molecule has 0 radical (unpaired) electrons. The summed E-state index contributed by atoms with van der Waals surface area (Å²) in [5.41, 5.74) is 6.06. The molecule has 1 aromatic heterocycles. The van der Waals surface area contributed by atoms with E-state index in [0.29, 0.717) is 24.0 Å². The van der Waals surface area contributed by atoms with E-state index in [0.717, 1.165) is 17.6 Å². The molecule has 0 saturated heterocycles. The normalized spacial score (nSPS) is 12.3. The maximum Gasteiger partial charge on any atom is 0.289 e. The first kappa shape index (κ1) is 20.0. The summed E-state index contributed by atoms with van der Waals surface area (Å²) in [4.78, 5) is 14.2. The van der Waals surface area contributed by atoms with Gasteiger partial charge in [0.1, 0.15) is 18.1 Å². The van der Waals surface area contributed by atoms with Crippen LogP contribution < -0.4 is 10.5 Å². The van der Waals surface area contributed by atoms with Gasteiger partial charge in [-0.1, -0.05) is 44.2 Å². The van der Waals surface area contributed by atoms with Crippen LogP contribution in [0, 0.1) is 5.92 Å². The Hall–Kier alpha value is -2.79. The Morgan fingerprint density at radius 3 is 2.61 bits per heavy atom. The highest BCUT2D eigenvalue weighted by Gasteiger charge is 2.18. The molecule has 0 fully saturated rings. The van der Waals surface area contributed by atoms with E-state index < -0.39 is 0 Å². The molecule has 1 atom stereocenters. The maximum atomic E-state index is 12.5. The van der Waals surface area contributed by atoms with Crippen molar-refractivity contribution >= 4 is 16.7 Å². The third kappa shape index (κ3) is 4.93. The molecule has 148 valence electrons. The van der Waals surface area contributed by atoms with Gasteiger partial charge >= 0.3 is 0 Å². The van der Waals surface area contributed by atoms with Crippen LogP contribution in [0.3, 0.4) is 0 Å². The Kier molecular flexibility index (Phi) is 6.37. The Morgan fingerprint density at radius 1 is 1.11 bits per heavy atom. The summed E-state index contributed by atoms with van der Waals surface area (Å²) >= 11 is 0. The molecular formula is C23H28N2O3. The summed E-state index contributed by atoms with van der Waals surface area (Å²) in [6, 6.07) is 17.6. The van der Waals surface area contributed by atoms with Crippen molar-refractivity contribution < 1.29 is 13.9 Å². The number of hydrogen-bond acceptors (Lipinski definition) is 4. The van der Waals surface area contributed by atoms with Crippen molar-refractivity contribution in [3.8, 4) is 5.75 Å². The standard InChI is InChI=1S/C23H28N2O3/c1-16(2)21(24)12-13-25(3)23(26)22-11-10-20(28-22)15-27-19-9-8-17-6-4-5-7-18(17)14-19/h4-11,14,16,21H,12-13,15,24H2,1-3H3. The molecule has 0 aliphatic rings. The number of ether oxygens (including phenoxy) is 1. The quantitative estimate of drug-likeness (QED) is 0.626. The number of nitrogens with two attached hydrogens (primary N) is 1. The zero-order valence-corrected chi connectivity index (χ0v) is 16.7. The lowest BCUT2D eigenvalue weighted by Crippen LogP contribution is -2.34.